The van der Waals surface area contributed by atoms with Gasteiger partial charge in [-0.2, -0.15) is 5.10 Å². The molecule has 7 heteroatoms. The van der Waals surface area contributed by atoms with Gasteiger partial charge >= 0.3 is 0 Å². The van der Waals surface area contributed by atoms with Gasteiger partial charge in [0.1, 0.15) is 11.4 Å². The average molecular weight is 335 g/mol. The summed E-state index contributed by atoms with van der Waals surface area (Å²) < 4.78 is 7.51. The highest BCUT2D eigenvalue weighted by atomic mass is 16.5. The van der Waals surface area contributed by atoms with Crippen molar-refractivity contribution in [2.75, 3.05) is 5.32 Å². The van der Waals surface area contributed by atoms with Crippen molar-refractivity contribution >= 4 is 11.7 Å². The molecule has 0 saturated heterocycles. The average Bonchev–Trinajstić information content (AvgIpc) is 3.05. The molecule has 0 spiro atoms. The summed E-state index contributed by atoms with van der Waals surface area (Å²) in [5.74, 6) is 1.21. The lowest BCUT2D eigenvalue weighted by Crippen LogP contribution is -2.15. The highest BCUT2D eigenvalue weighted by Gasteiger charge is 2.15. The Morgan fingerprint density at radius 1 is 1.12 bits per heavy atom. The molecule has 7 nitrogen and oxygen atoms in total. The van der Waals surface area contributed by atoms with Gasteiger partial charge in [-0.1, -0.05) is 18.2 Å². The van der Waals surface area contributed by atoms with Crippen LogP contribution in [0.4, 0.5) is 5.82 Å². The molecule has 3 aromatic rings. The molecule has 126 valence electrons. The van der Waals surface area contributed by atoms with Gasteiger partial charge in [0.25, 0.3) is 5.91 Å². The van der Waals surface area contributed by atoms with Crippen LogP contribution < -0.4 is 10.1 Å². The molecule has 0 unspecified atom stereocenters. The van der Waals surface area contributed by atoms with Crippen LogP contribution in [0.2, 0.25) is 0 Å². The van der Waals surface area contributed by atoms with E-state index in [4.69, 9.17) is 4.74 Å². The van der Waals surface area contributed by atoms with Crippen molar-refractivity contribution in [3.63, 3.8) is 0 Å². The van der Waals surface area contributed by atoms with Crippen LogP contribution in [0.3, 0.4) is 0 Å². The van der Waals surface area contributed by atoms with Crippen LogP contribution in [0, 0.1) is 0 Å². The van der Waals surface area contributed by atoms with Crippen LogP contribution in [-0.2, 0) is 13.0 Å². The van der Waals surface area contributed by atoms with E-state index >= 15 is 0 Å². The predicted molar refractivity (Wildman–Crippen MR) is 91.7 cm³/mol. The largest absolute Gasteiger partial charge is 0.438 e. The number of nitrogens with zero attached hydrogens (tertiary/aromatic N) is 4. The molecular weight excluding hydrogens is 318 g/mol. The number of nitrogens with one attached hydrogen (secondary N) is 1. The number of benzene rings is 1. The summed E-state index contributed by atoms with van der Waals surface area (Å²) in [6.07, 6.45) is 6.10. The number of aryl methyl sites for hydroxylation is 2. The maximum absolute atomic E-state index is 12.3. The number of hydrogen-bond acceptors (Lipinski definition) is 5. The first-order valence-electron chi connectivity index (χ1n) is 8.21. The van der Waals surface area contributed by atoms with Crippen LogP contribution >= 0.6 is 0 Å². The Hall–Kier alpha value is -3.22. The van der Waals surface area contributed by atoms with Gasteiger partial charge in [-0.25, -0.2) is 9.97 Å². The van der Waals surface area contributed by atoms with Crippen molar-refractivity contribution in [1.82, 2.24) is 19.7 Å². The number of carbonyl (C=O) groups excluding carboxylic acids is 1. The number of ether oxygens (including phenoxy) is 1. The van der Waals surface area contributed by atoms with Crippen molar-refractivity contribution in [2.24, 2.45) is 0 Å². The lowest BCUT2D eigenvalue weighted by Gasteiger charge is -2.11. The zero-order valence-corrected chi connectivity index (χ0v) is 13.6. The summed E-state index contributed by atoms with van der Waals surface area (Å²) in [7, 11) is 0. The fourth-order valence-corrected chi connectivity index (χ4v) is 2.75. The minimum Gasteiger partial charge on any atom is -0.438 e. The number of fused-ring (bicyclic) bond motifs is 1. The number of anilines is 1. The molecule has 25 heavy (non-hydrogen) atoms. The second-order valence-corrected chi connectivity index (χ2v) is 5.81. The van der Waals surface area contributed by atoms with Crippen molar-refractivity contribution in [3.05, 3.63) is 60.2 Å². The summed E-state index contributed by atoms with van der Waals surface area (Å²) in [6, 6.07) is 11.2. The molecule has 1 N–H and O–H groups in total. The highest BCUT2D eigenvalue weighted by molar-refractivity contribution is 6.02. The second-order valence-electron chi connectivity index (χ2n) is 5.81. The van der Waals surface area contributed by atoms with Crippen molar-refractivity contribution in [3.8, 4) is 11.6 Å². The van der Waals surface area contributed by atoms with E-state index in [1.807, 2.05) is 41.1 Å². The van der Waals surface area contributed by atoms with Crippen LogP contribution in [-0.4, -0.2) is 25.7 Å². The van der Waals surface area contributed by atoms with Gasteiger partial charge in [0.2, 0.25) is 5.88 Å². The zero-order valence-electron chi connectivity index (χ0n) is 13.6. The van der Waals surface area contributed by atoms with Crippen LogP contribution in [0.5, 0.6) is 11.6 Å². The minimum atomic E-state index is -0.339. The van der Waals surface area contributed by atoms with Crippen LogP contribution in [0.1, 0.15) is 29.0 Å². The Balaban J connectivity index is 1.42. The van der Waals surface area contributed by atoms with Crippen LogP contribution in [0.15, 0.2) is 48.8 Å². The Morgan fingerprint density at radius 2 is 2.00 bits per heavy atom. The fourth-order valence-electron chi connectivity index (χ4n) is 2.75. The predicted octanol–water partition coefficient (Wildman–Crippen LogP) is 3.05. The molecule has 0 radical (unpaired) electrons. The van der Waals surface area contributed by atoms with E-state index < -0.39 is 0 Å². The van der Waals surface area contributed by atoms with Crippen molar-refractivity contribution in [1.29, 1.82) is 0 Å². The first-order chi connectivity index (χ1) is 12.3. The molecule has 1 aliphatic rings. The van der Waals surface area contributed by atoms with Crippen molar-refractivity contribution in [2.45, 2.75) is 25.8 Å². The maximum Gasteiger partial charge on any atom is 0.277 e. The molecule has 4 rings (SSSR count). The van der Waals surface area contributed by atoms with Gasteiger partial charge in [0, 0.05) is 18.3 Å². The third-order valence-electron chi connectivity index (χ3n) is 3.98. The number of amides is 1. The van der Waals surface area contributed by atoms with E-state index in [1.54, 1.807) is 0 Å². The molecule has 3 heterocycles. The first kappa shape index (κ1) is 15.3. The summed E-state index contributed by atoms with van der Waals surface area (Å²) in [4.78, 5) is 20.5. The van der Waals surface area contributed by atoms with E-state index in [1.165, 1.54) is 12.4 Å². The third-order valence-corrected chi connectivity index (χ3v) is 3.98. The Labute approximate surface area is 144 Å². The molecule has 1 amide bonds. The number of para-hydroxylation sites is 1. The zero-order chi connectivity index (χ0) is 17.1. The van der Waals surface area contributed by atoms with Gasteiger partial charge in [-0.05, 0) is 31.4 Å². The lowest BCUT2D eigenvalue weighted by molar-refractivity contribution is 0.102. The fraction of sp³-hybridized carbons (Fsp3) is 0.222. The Morgan fingerprint density at radius 3 is 2.76 bits per heavy atom. The Kier molecular flexibility index (Phi) is 4.12. The van der Waals surface area contributed by atoms with Gasteiger partial charge in [-0.3, -0.25) is 9.48 Å². The lowest BCUT2D eigenvalue weighted by atomic mass is 10.1. The summed E-state index contributed by atoms with van der Waals surface area (Å²) in [5, 5.41) is 7.17. The minimum absolute atomic E-state index is 0.214. The SMILES string of the molecule is O=C(Nc1cc2n(n1)CCCC2)c1cnc(Oc2ccccc2)cn1. The molecular formula is C18H17N5O2. The quantitative estimate of drug-likeness (QED) is 0.792. The smallest absolute Gasteiger partial charge is 0.277 e. The molecule has 1 aliphatic heterocycles. The summed E-state index contributed by atoms with van der Waals surface area (Å²) in [5.41, 5.74) is 1.37. The standard InChI is InChI=1S/C18H17N5O2/c24-18(21-16-10-13-6-4-5-9-23(13)22-16)15-11-20-17(12-19-15)25-14-7-2-1-3-8-14/h1-3,7-8,10-12H,4-6,9H2,(H,21,22,24). The van der Waals surface area contributed by atoms with Crippen LogP contribution in [0.25, 0.3) is 0 Å². The summed E-state index contributed by atoms with van der Waals surface area (Å²) in [6.45, 7) is 0.899. The summed E-state index contributed by atoms with van der Waals surface area (Å²) >= 11 is 0. The van der Waals surface area contributed by atoms with Gasteiger partial charge in [-0.15, -0.1) is 0 Å². The van der Waals surface area contributed by atoms with E-state index in [0.29, 0.717) is 17.4 Å². The van der Waals surface area contributed by atoms with Gasteiger partial charge in [0.15, 0.2) is 5.82 Å². The molecule has 0 atom stereocenters. The van der Waals surface area contributed by atoms with Gasteiger partial charge < -0.3 is 10.1 Å². The van der Waals surface area contributed by atoms with Gasteiger partial charge in [0.05, 0.1) is 12.4 Å². The topological polar surface area (TPSA) is 81.9 Å². The van der Waals surface area contributed by atoms with E-state index in [9.17, 15) is 4.79 Å². The second kappa shape index (κ2) is 6.72. The Bertz CT molecular complexity index is 851. The molecule has 0 aliphatic carbocycles. The number of rotatable bonds is 4. The first-order valence-corrected chi connectivity index (χ1v) is 8.21. The number of carbonyl (C=O) groups is 1. The van der Waals surface area contributed by atoms with E-state index in [0.717, 1.165) is 31.5 Å². The van der Waals surface area contributed by atoms with E-state index in [-0.39, 0.29) is 11.6 Å². The highest BCUT2D eigenvalue weighted by Crippen LogP contribution is 2.19. The monoisotopic (exact) mass is 335 g/mol. The van der Waals surface area contributed by atoms with Crippen molar-refractivity contribution < 1.29 is 9.53 Å². The molecule has 1 aromatic carbocycles. The maximum atomic E-state index is 12.3. The molecule has 0 saturated carbocycles. The third kappa shape index (κ3) is 3.50. The van der Waals surface area contributed by atoms with E-state index in [2.05, 4.69) is 20.4 Å². The number of hydrogen-bond donors (Lipinski definition) is 1. The molecule has 0 bridgehead atoms. The molecule has 2 aromatic heterocycles. The normalized spacial score (nSPS) is 13.1. The molecule has 0 fully saturated rings. The number of aromatic nitrogens is 4.